The number of hydrogen-bond acceptors (Lipinski definition) is 1. The smallest absolute Gasteiger partial charge is 0.380 e. The Bertz CT molecular complexity index is 628. The summed E-state index contributed by atoms with van der Waals surface area (Å²) >= 11 is 0. The van der Waals surface area contributed by atoms with Gasteiger partial charge in [-0.15, -0.1) is 0 Å². The summed E-state index contributed by atoms with van der Waals surface area (Å²) in [5.74, 6) is 2.47. The third kappa shape index (κ3) is 2.68. The Hall–Kier alpha value is -0.510. The van der Waals surface area contributed by atoms with E-state index in [1.54, 1.807) is 0 Å². The van der Waals surface area contributed by atoms with E-state index in [-0.39, 0.29) is 24.2 Å². The van der Waals surface area contributed by atoms with Crippen LogP contribution < -0.4 is 0 Å². The van der Waals surface area contributed by atoms with Crippen LogP contribution in [-0.2, 0) is 0 Å². The molecule has 0 aromatic rings. The predicted molar refractivity (Wildman–Crippen MR) is 101 cm³/mol. The van der Waals surface area contributed by atoms with Crippen molar-refractivity contribution in [3.8, 4) is 0 Å². The average molecular weight is 385 g/mol. The topological polar surface area (TPSA) is 20.2 Å². The van der Waals surface area contributed by atoms with Crippen LogP contribution in [0.3, 0.4) is 0 Å². The van der Waals surface area contributed by atoms with Gasteiger partial charge in [-0.3, -0.25) is 0 Å². The Kier molecular flexibility index (Phi) is 4.40. The second-order valence-electron chi connectivity index (χ2n) is 10.9. The van der Waals surface area contributed by atoms with Gasteiger partial charge in [0.25, 0.3) is 0 Å². The third-order valence-corrected chi connectivity index (χ3v) is 9.85. The van der Waals surface area contributed by atoms with Crippen LogP contribution in [0.2, 0.25) is 0 Å². The minimum absolute atomic E-state index is 0.00169. The number of alkyl halides is 3. The first-order valence-electron chi connectivity index (χ1n) is 10.9. The Morgan fingerprint density at radius 3 is 2.22 bits per heavy atom. The first-order valence-corrected chi connectivity index (χ1v) is 10.9. The molecule has 4 saturated carbocycles. The van der Waals surface area contributed by atoms with Crippen LogP contribution in [-0.4, -0.2) is 16.9 Å². The van der Waals surface area contributed by atoms with E-state index < -0.39 is 11.8 Å². The fraction of sp³-hybridized carbons (Fsp3) is 0.913. The lowest BCUT2D eigenvalue weighted by Gasteiger charge is -2.62. The van der Waals surface area contributed by atoms with Crippen LogP contribution in [0.5, 0.6) is 0 Å². The summed E-state index contributed by atoms with van der Waals surface area (Å²) in [4.78, 5) is 0. The summed E-state index contributed by atoms with van der Waals surface area (Å²) in [6, 6.07) is 0. The molecule has 0 aromatic heterocycles. The molecule has 4 aliphatic rings. The van der Waals surface area contributed by atoms with Gasteiger partial charge in [-0.2, -0.15) is 13.2 Å². The molecule has 4 rings (SSSR count). The van der Waals surface area contributed by atoms with Gasteiger partial charge in [0.05, 0.1) is 0 Å². The van der Waals surface area contributed by atoms with Crippen LogP contribution in [0.1, 0.15) is 78.6 Å². The van der Waals surface area contributed by atoms with Crippen molar-refractivity contribution < 1.29 is 18.3 Å². The van der Waals surface area contributed by atoms with Gasteiger partial charge in [-0.25, -0.2) is 0 Å². The Balaban J connectivity index is 1.59. The number of halogens is 3. The lowest BCUT2D eigenvalue weighted by Crippen LogP contribution is -2.59. The Morgan fingerprint density at radius 2 is 1.59 bits per heavy atom. The minimum atomic E-state index is -4.50. The summed E-state index contributed by atoms with van der Waals surface area (Å²) in [6.45, 7) is 11.1. The standard InChI is InChI=1S/C23H35F3O/c1-14(2)17-7-8-18-16-6-5-15-13-22(27,23(24,25)26)12-11-20(15,3)19(16)9-10-21(17,18)4/h15-19,27H,1,5-13H2,2-4H3/t15-,16-,17+,18-,19-,20-,21+,22+/m0/s1. The number of allylic oxidation sites excluding steroid dienone is 1. The summed E-state index contributed by atoms with van der Waals surface area (Å²) in [6.07, 6.45) is 2.49. The molecule has 154 valence electrons. The van der Waals surface area contributed by atoms with Crippen LogP contribution >= 0.6 is 0 Å². The van der Waals surface area contributed by atoms with Gasteiger partial charge in [0.15, 0.2) is 5.60 Å². The maximum Gasteiger partial charge on any atom is 0.417 e. The molecule has 27 heavy (non-hydrogen) atoms. The van der Waals surface area contributed by atoms with Crippen LogP contribution in [0.4, 0.5) is 13.2 Å². The van der Waals surface area contributed by atoms with E-state index in [4.69, 9.17) is 0 Å². The molecule has 8 atom stereocenters. The van der Waals surface area contributed by atoms with Crippen molar-refractivity contribution in [1.29, 1.82) is 0 Å². The van der Waals surface area contributed by atoms with Gasteiger partial charge >= 0.3 is 6.18 Å². The largest absolute Gasteiger partial charge is 0.417 e. The zero-order valence-corrected chi connectivity index (χ0v) is 17.0. The fourth-order valence-electron chi connectivity index (χ4n) is 8.31. The molecule has 0 unspecified atom stereocenters. The van der Waals surface area contributed by atoms with Gasteiger partial charge in [-0.05, 0) is 105 Å². The molecule has 0 radical (unpaired) electrons. The molecule has 0 saturated heterocycles. The highest BCUT2D eigenvalue weighted by atomic mass is 19.4. The number of aliphatic hydroxyl groups is 1. The van der Waals surface area contributed by atoms with E-state index in [9.17, 15) is 18.3 Å². The maximum atomic E-state index is 13.4. The van der Waals surface area contributed by atoms with Crippen LogP contribution in [0, 0.1) is 40.4 Å². The second-order valence-corrected chi connectivity index (χ2v) is 10.9. The lowest BCUT2D eigenvalue weighted by molar-refractivity contribution is -0.290. The number of fused-ring (bicyclic) bond motifs is 5. The van der Waals surface area contributed by atoms with Crippen molar-refractivity contribution in [2.75, 3.05) is 0 Å². The molecule has 0 amide bonds. The predicted octanol–water partition coefficient (Wildman–Crippen LogP) is 6.51. The van der Waals surface area contributed by atoms with E-state index >= 15 is 0 Å². The number of hydrogen-bond donors (Lipinski definition) is 1. The maximum absolute atomic E-state index is 13.4. The van der Waals surface area contributed by atoms with Crippen molar-refractivity contribution in [2.45, 2.75) is 90.3 Å². The van der Waals surface area contributed by atoms with Crippen molar-refractivity contribution in [3.05, 3.63) is 12.2 Å². The number of rotatable bonds is 1. The van der Waals surface area contributed by atoms with Crippen molar-refractivity contribution in [2.24, 2.45) is 40.4 Å². The molecule has 0 spiro atoms. The molecule has 0 aromatic carbocycles. The highest BCUT2D eigenvalue weighted by Gasteiger charge is 2.64. The second kappa shape index (κ2) is 6.00. The van der Waals surface area contributed by atoms with Crippen LogP contribution in [0.25, 0.3) is 0 Å². The van der Waals surface area contributed by atoms with E-state index in [1.807, 2.05) is 0 Å². The highest BCUT2D eigenvalue weighted by Crippen LogP contribution is 2.69. The SMILES string of the molecule is C=C(C)[C@H]1CC[C@H]2[C@@H]3CC[C@H]4C[C@@](O)(C(F)(F)F)CC[C@]4(C)[C@H]3CC[C@]12C. The van der Waals surface area contributed by atoms with E-state index in [0.717, 1.165) is 19.3 Å². The van der Waals surface area contributed by atoms with Gasteiger partial charge in [0, 0.05) is 0 Å². The van der Waals surface area contributed by atoms with Crippen molar-refractivity contribution in [1.82, 2.24) is 0 Å². The lowest BCUT2D eigenvalue weighted by atomic mass is 9.43. The van der Waals surface area contributed by atoms with Gasteiger partial charge in [0.2, 0.25) is 0 Å². The molecule has 0 bridgehead atoms. The summed E-state index contributed by atoms with van der Waals surface area (Å²) in [7, 11) is 0. The van der Waals surface area contributed by atoms with E-state index in [0.29, 0.717) is 35.5 Å². The molecule has 1 N–H and O–H groups in total. The summed E-state index contributed by atoms with van der Waals surface area (Å²) in [5, 5.41) is 10.3. The molecule has 4 heteroatoms. The average Bonchev–Trinajstić information content (AvgIpc) is 2.92. The van der Waals surface area contributed by atoms with Crippen molar-refractivity contribution >= 4 is 0 Å². The monoisotopic (exact) mass is 384 g/mol. The summed E-state index contributed by atoms with van der Waals surface area (Å²) in [5.41, 5.74) is -0.863. The van der Waals surface area contributed by atoms with E-state index in [2.05, 4.69) is 27.4 Å². The third-order valence-electron chi connectivity index (χ3n) is 9.85. The van der Waals surface area contributed by atoms with Gasteiger partial charge < -0.3 is 5.11 Å². The molecular formula is C23H35F3O. The highest BCUT2D eigenvalue weighted by molar-refractivity contribution is 5.16. The first kappa shape index (κ1) is 19.8. The molecular weight excluding hydrogens is 349 g/mol. The molecule has 4 aliphatic carbocycles. The first-order chi connectivity index (χ1) is 12.4. The quantitative estimate of drug-likeness (QED) is 0.511. The molecule has 1 nitrogen and oxygen atoms in total. The van der Waals surface area contributed by atoms with Crippen molar-refractivity contribution in [3.63, 3.8) is 0 Å². The Labute approximate surface area is 161 Å². The normalized spacial score (nSPS) is 52.6. The van der Waals surface area contributed by atoms with Crippen LogP contribution in [0.15, 0.2) is 12.2 Å². The minimum Gasteiger partial charge on any atom is -0.380 e. The molecule has 4 fully saturated rings. The molecule has 0 aliphatic heterocycles. The zero-order chi connectivity index (χ0) is 19.8. The Morgan fingerprint density at radius 1 is 0.926 bits per heavy atom. The van der Waals surface area contributed by atoms with E-state index in [1.165, 1.54) is 24.8 Å². The van der Waals surface area contributed by atoms with Gasteiger partial charge in [0.1, 0.15) is 0 Å². The zero-order valence-electron chi connectivity index (χ0n) is 17.0. The van der Waals surface area contributed by atoms with Gasteiger partial charge in [-0.1, -0.05) is 26.0 Å². The fourth-order valence-corrected chi connectivity index (χ4v) is 8.31. The molecule has 0 heterocycles. The summed E-state index contributed by atoms with van der Waals surface area (Å²) < 4.78 is 40.3.